The average molecular weight is 312 g/mol. The molecule has 0 aromatic heterocycles. The molecule has 1 aromatic rings. The number of rotatable bonds is 7. The minimum absolute atomic E-state index is 0.375. The molecule has 1 saturated carbocycles. The predicted octanol–water partition coefficient (Wildman–Crippen LogP) is 3.48. The third-order valence-corrected chi connectivity index (χ3v) is 4.44. The second kappa shape index (κ2) is 8.74. The van der Waals surface area contributed by atoms with Crippen molar-refractivity contribution < 1.29 is 9.84 Å². The van der Waals surface area contributed by atoms with Crippen LogP contribution < -0.4 is 0 Å². The first-order valence-electron chi connectivity index (χ1n) is 7.85. The lowest BCUT2D eigenvalue weighted by molar-refractivity contribution is 0.00488. The minimum Gasteiger partial charge on any atom is -0.389 e. The summed E-state index contributed by atoms with van der Waals surface area (Å²) < 4.78 is 5.59. The van der Waals surface area contributed by atoms with Crippen LogP contribution in [0.15, 0.2) is 24.3 Å². The van der Waals surface area contributed by atoms with E-state index in [0.717, 1.165) is 10.6 Å². The van der Waals surface area contributed by atoms with E-state index < -0.39 is 6.10 Å². The number of nitrogens with zero attached hydrogens (tertiary/aromatic N) is 1. The zero-order valence-electron chi connectivity index (χ0n) is 12.8. The van der Waals surface area contributed by atoms with E-state index in [4.69, 9.17) is 16.3 Å². The largest absolute Gasteiger partial charge is 0.389 e. The van der Waals surface area contributed by atoms with Gasteiger partial charge in [0.25, 0.3) is 0 Å². The summed E-state index contributed by atoms with van der Waals surface area (Å²) >= 11 is 5.84. The molecule has 2 rings (SSSR count). The highest BCUT2D eigenvalue weighted by Gasteiger charge is 2.19. The van der Waals surface area contributed by atoms with Crippen molar-refractivity contribution >= 4 is 11.6 Å². The molecule has 0 radical (unpaired) electrons. The molecule has 1 atom stereocenters. The van der Waals surface area contributed by atoms with Crippen molar-refractivity contribution in [2.24, 2.45) is 0 Å². The van der Waals surface area contributed by atoms with Gasteiger partial charge in [-0.2, -0.15) is 0 Å². The highest BCUT2D eigenvalue weighted by Crippen LogP contribution is 2.21. The standard InChI is InChI=1S/C17H26ClNO2/c1-19(16-5-3-2-4-6-16)11-17(20)13-21-12-14-7-9-15(18)10-8-14/h7-10,16-17,20H,2-6,11-13H2,1H3/t17-/m0/s1. The Morgan fingerprint density at radius 2 is 1.90 bits per heavy atom. The van der Waals surface area contributed by atoms with Gasteiger partial charge in [0.1, 0.15) is 0 Å². The number of ether oxygens (including phenoxy) is 1. The first kappa shape index (κ1) is 16.8. The van der Waals surface area contributed by atoms with Crippen LogP contribution >= 0.6 is 11.6 Å². The number of benzene rings is 1. The molecule has 4 heteroatoms. The molecule has 0 heterocycles. The third kappa shape index (κ3) is 5.95. The van der Waals surface area contributed by atoms with E-state index in [0.29, 0.717) is 25.8 Å². The summed E-state index contributed by atoms with van der Waals surface area (Å²) in [5, 5.41) is 10.8. The summed E-state index contributed by atoms with van der Waals surface area (Å²) in [6, 6.07) is 8.23. The number of aliphatic hydroxyl groups is 1. The first-order chi connectivity index (χ1) is 10.1. The van der Waals surface area contributed by atoms with Crippen molar-refractivity contribution in [3.63, 3.8) is 0 Å². The van der Waals surface area contributed by atoms with Gasteiger partial charge in [-0.3, -0.25) is 0 Å². The van der Waals surface area contributed by atoms with Gasteiger partial charge in [0.05, 0.1) is 19.3 Å². The monoisotopic (exact) mass is 311 g/mol. The van der Waals surface area contributed by atoms with E-state index in [1.54, 1.807) is 0 Å². The maximum Gasteiger partial charge on any atom is 0.0900 e. The van der Waals surface area contributed by atoms with Gasteiger partial charge in [-0.05, 0) is 37.6 Å². The van der Waals surface area contributed by atoms with Crippen LogP contribution in [-0.2, 0) is 11.3 Å². The van der Waals surface area contributed by atoms with Crippen molar-refractivity contribution in [2.45, 2.75) is 50.9 Å². The lowest BCUT2D eigenvalue weighted by Gasteiger charge is -2.32. The van der Waals surface area contributed by atoms with Gasteiger partial charge in [0, 0.05) is 17.6 Å². The van der Waals surface area contributed by atoms with Crippen LogP contribution in [0.25, 0.3) is 0 Å². The normalized spacial score (nSPS) is 18.1. The summed E-state index contributed by atoms with van der Waals surface area (Å²) in [6.07, 6.45) is 6.08. The number of aliphatic hydroxyl groups excluding tert-OH is 1. The molecule has 1 aliphatic rings. The van der Waals surface area contributed by atoms with Crippen LogP contribution in [0.1, 0.15) is 37.7 Å². The Labute approximate surface area is 132 Å². The van der Waals surface area contributed by atoms with Crippen LogP contribution in [0.3, 0.4) is 0 Å². The van der Waals surface area contributed by atoms with Crippen LogP contribution in [0, 0.1) is 0 Å². The lowest BCUT2D eigenvalue weighted by atomic mass is 9.94. The minimum atomic E-state index is -0.427. The van der Waals surface area contributed by atoms with Gasteiger partial charge in [0.2, 0.25) is 0 Å². The molecular formula is C17H26ClNO2. The zero-order chi connectivity index (χ0) is 15.1. The van der Waals surface area contributed by atoms with E-state index >= 15 is 0 Å². The smallest absolute Gasteiger partial charge is 0.0900 e. The Hall–Kier alpha value is -0.610. The van der Waals surface area contributed by atoms with Gasteiger partial charge in [-0.15, -0.1) is 0 Å². The second-order valence-corrected chi connectivity index (χ2v) is 6.46. The van der Waals surface area contributed by atoms with Gasteiger partial charge >= 0.3 is 0 Å². The molecule has 0 aliphatic heterocycles. The Morgan fingerprint density at radius 1 is 1.24 bits per heavy atom. The molecule has 0 unspecified atom stereocenters. The highest BCUT2D eigenvalue weighted by molar-refractivity contribution is 6.30. The molecule has 1 aromatic carbocycles. The third-order valence-electron chi connectivity index (χ3n) is 4.19. The zero-order valence-corrected chi connectivity index (χ0v) is 13.6. The van der Waals surface area contributed by atoms with Crippen LogP contribution in [0.5, 0.6) is 0 Å². The highest BCUT2D eigenvalue weighted by atomic mass is 35.5. The molecule has 21 heavy (non-hydrogen) atoms. The summed E-state index contributed by atoms with van der Waals surface area (Å²) in [7, 11) is 2.11. The lowest BCUT2D eigenvalue weighted by Crippen LogP contribution is -2.40. The topological polar surface area (TPSA) is 32.7 Å². The molecule has 0 bridgehead atoms. The van der Waals surface area contributed by atoms with Gasteiger partial charge in [-0.1, -0.05) is 43.0 Å². The quantitative estimate of drug-likeness (QED) is 0.837. The van der Waals surface area contributed by atoms with Crippen LogP contribution in [0.4, 0.5) is 0 Å². The average Bonchev–Trinajstić information content (AvgIpc) is 2.50. The van der Waals surface area contributed by atoms with Crippen molar-refractivity contribution in [3.8, 4) is 0 Å². The number of halogens is 1. The first-order valence-corrected chi connectivity index (χ1v) is 8.23. The second-order valence-electron chi connectivity index (χ2n) is 6.03. The maximum absolute atomic E-state index is 10.1. The predicted molar refractivity (Wildman–Crippen MR) is 86.6 cm³/mol. The Balaban J connectivity index is 1.64. The van der Waals surface area contributed by atoms with E-state index in [1.165, 1.54) is 32.1 Å². The SMILES string of the molecule is CN(C[C@H](O)COCc1ccc(Cl)cc1)C1CCCCC1. The molecule has 1 aliphatic carbocycles. The van der Waals surface area contributed by atoms with Gasteiger partial charge in [0.15, 0.2) is 0 Å². The van der Waals surface area contributed by atoms with Crippen molar-refractivity contribution in [1.82, 2.24) is 4.90 Å². The van der Waals surface area contributed by atoms with Crippen molar-refractivity contribution in [1.29, 1.82) is 0 Å². The Bertz CT molecular complexity index is 404. The molecule has 0 spiro atoms. The van der Waals surface area contributed by atoms with Crippen LogP contribution in [-0.4, -0.2) is 42.4 Å². The van der Waals surface area contributed by atoms with Gasteiger partial charge in [-0.25, -0.2) is 0 Å². The fraction of sp³-hybridized carbons (Fsp3) is 0.647. The van der Waals surface area contributed by atoms with E-state index in [-0.39, 0.29) is 0 Å². The van der Waals surface area contributed by atoms with Crippen molar-refractivity contribution in [3.05, 3.63) is 34.9 Å². The fourth-order valence-electron chi connectivity index (χ4n) is 2.95. The molecular weight excluding hydrogens is 286 g/mol. The Morgan fingerprint density at radius 3 is 2.57 bits per heavy atom. The summed E-state index contributed by atoms with van der Waals surface area (Å²) in [4.78, 5) is 2.29. The van der Waals surface area contributed by atoms with E-state index in [2.05, 4.69) is 11.9 Å². The number of hydrogen-bond acceptors (Lipinski definition) is 3. The molecule has 1 fully saturated rings. The van der Waals surface area contributed by atoms with E-state index in [9.17, 15) is 5.11 Å². The molecule has 0 amide bonds. The van der Waals surface area contributed by atoms with Crippen LogP contribution in [0.2, 0.25) is 5.02 Å². The molecule has 1 N–H and O–H groups in total. The molecule has 118 valence electrons. The number of likely N-dealkylation sites (N-methyl/N-ethyl adjacent to an activating group) is 1. The molecule has 0 saturated heterocycles. The van der Waals surface area contributed by atoms with Crippen molar-refractivity contribution in [2.75, 3.05) is 20.2 Å². The Kier molecular flexibility index (Phi) is 6.97. The van der Waals surface area contributed by atoms with Gasteiger partial charge < -0.3 is 14.7 Å². The number of hydrogen-bond donors (Lipinski definition) is 1. The maximum atomic E-state index is 10.1. The summed E-state index contributed by atoms with van der Waals surface area (Å²) in [5.41, 5.74) is 1.08. The summed E-state index contributed by atoms with van der Waals surface area (Å²) in [6.45, 7) is 1.58. The summed E-state index contributed by atoms with van der Waals surface area (Å²) in [5.74, 6) is 0. The van der Waals surface area contributed by atoms with E-state index in [1.807, 2.05) is 24.3 Å². The fourth-order valence-corrected chi connectivity index (χ4v) is 3.08. The molecule has 3 nitrogen and oxygen atoms in total.